The topological polar surface area (TPSA) is 49.3 Å². The molecular weight excluding hydrogens is 190 g/mol. The van der Waals surface area contributed by atoms with Crippen molar-refractivity contribution in [2.24, 2.45) is 11.8 Å². The molecule has 0 radical (unpaired) electrons. The molecule has 15 heavy (non-hydrogen) atoms. The molecule has 0 spiro atoms. The largest absolute Gasteiger partial charge is 0.396 e. The van der Waals surface area contributed by atoms with E-state index < -0.39 is 0 Å². The Hall–Kier alpha value is -0.570. The van der Waals surface area contributed by atoms with Crippen LogP contribution in [0, 0.1) is 11.8 Å². The molecule has 0 aliphatic heterocycles. The van der Waals surface area contributed by atoms with Crippen LogP contribution >= 0.6 is 0 Å². The van der Waals surface area contributed by atoms with E-state index in [4.69, 9.17) is 5.11 Å². The van der Waals surface area contributed by atoms with Gasteiger partial charge >= 0.3 is 0 Å². The number of hydrogen-bond donors (Lipinski definition) is 2. The number of aliphatic hydroxyl groups excluding tert-OH is 1. The van der Waals surface area contributed by atoms with Crippen LogP contribution < -0.4 is 5.32 Å². The Morgan fingerprint density at radius 3 is 2.27 bits per heavy atom. The average molecular weight is 211 g/mol. The summed E-state index contributed by atoms with van der Waals surface area (Å²) in [5, 5.41) is 12.1. The number of amides is 1. The maximum Gasteiger partial charge on any atom is 0.223 e. The van der Waals surface area contributed by atoms with Gasteiger partial charge in [0, 0.05) is 18.6 Å². The summed E-state index contributed by atoms with van der Waals surface area (Å²) in [4.78, 5) is 11.8. The zero-order valence-electron chi connectivity index (χ0n) is 9.24. The van der Waals surface area contributed by atoms with Crippen LogP contribution in [0.15, 0.2) is 0 Å². The Morgan fingerprint density at radius 2 is 1.80 bits per heavy atom. The van der Waals surface area contributed by atoms with Gasteiger partial charge in [0.2, 0.25) is 5.91 Å². The fourth-order valence-corrected chi connectivity index (χ4v) is 2.48. The molecule has 0 heterocycles. The summed E-state index contributed by atoms with van der Waals surface area (Å²) in [6.07, 6.45) is 7.55. The molecule has 86 valence electrons. The van der Waals surface area contributed by atoms with Crippen molar-refractivity contribution >= 4 is 5.91 Å². The smallest absolute Gasteiger partial charge is 0.223 e. The molecule has 0 saturated heterocycles. The van der Waals surface area contributed by atoms with E-state index in [1.54, 1.807) is 0 Å². The quantitative estimate of drug-likeness (QED) is 0.742. The molecule has 2 aliphatic rings. The number of carbonyl (C=O) groups is 1. The standard InChI is InChI=1S/C12H21NO2/c14-8-9-4-6-10(7-5-9)12(15)13-11-2-1-3-11/h9-11,14H,1-8H2,(H,13,15). The first-order valence-electron chi connectivity index (χ1n) is 6.21. The number of rotatable bonds is 3. The monoisotopic (exact) mass is 211 g/mol. The molecule has 0 unspecified atom stereocenters. The predicted molar refractivity (Wildman–Crippen MR) is 58.3 cm³/mol. The van der Waals surface area contributed by atoms with Gasteiger partial charge in [-0.1, -0.05) is 0 Å². The lowest BCUT2D eigenvalue weighted by Crippen LogP contribution is -2.43. The number of nitrogens with one attached hydrogen (secondary N) is 1. The van der Waals surface area contributed by atoms with Crippen LogP contribution in [-0.4, -0.2) is 23.7 Å². The molecular formula is C12H21NO2. The molecule has 0 aromatic carbocycles. The Balaban J connectivity index is 1.71. The summed E-state index contributed by atoms with van der Waals surface area (Å²) in [5.74, 6) is 0.919. The van der Waals surface area contributed by atoms with Gasteiger partial charge in [-0.25, -0.2) is 0 Å². The molecule has 3 nitrogen and oxygen atoms in total. The fraction of sp³-hybridized carbons (Fsp3) is 0.917. The zero-order chi connectivity index (χ0) is 10.7. The van der Waals surface area contributed by atoms with Crippen LogP contribution in [0.3, 0.4) is 0 Å². The van der Waals surface area contributed by atoms with E-state index in [9.17, 15) is 4.79 Å². The SMILES string of the molecule is O=C(NC1CCC1)C1CCC(CO)CC1. The first-order chi connectivity index (χ1) is 7.29. The van der Waals surface area contributed by atoms with Crippen molar-refractivity contribution in [2.75, 3.05) is 6.61 Å². The van der Waals surface area contributed by atoms with Gasteiger partial charge in [0.1, 0.15) is 0 Å². The Bertz CT molecular complexity index is 218. The van der Waals surface area contributed by atoms with Crippen LogP contribution in [0.2, 0.25) is 0 Å². The fourth-order valence-electron chi connectivity index (χ4n) is 2.48. The summed E-state index contributed by atoms with van der Waals surface area (Å²) < 4.78 is 0. The third-order valence-corrected chi connectivity index (χ3v) is 3.93. The first-order valence-corrected chi connectivity index (χ1v) is 6.21. The molecule has 1 amide bonds. The molecule has 3 heteroatoms. The Morgan fingerprint density at radius 1 is 1.13 bits per heavy atom. The minimum Gasteiger partial charge on any atom is -0.396 e. The zero-order valence-corrected chi connectivity index (χ0v) is 9.24. The maximum absolute atomic E-state index is 11.8. The highest BCUT2D eigenvalue weighted by Gasteiger charge is 2.28. The van der Waals surface area contributed by atoms with Crippen LogP contribution in [0.25, 0.3) is 0 Å². The first kappa shape index (κ1) is 10.9. The lowest BCUT2D eigenvalue weighted by molar-refractivity contribution is -0.127. The molecule has 2 fully saturated rings. The van der Waals surface area contributed by atoms with Gasteiger partial charge < -0.3 is 10.4 Å². The highest BCUT2D eigenvalue weighted by atomic mass is 16.3. The average Bonchev–Trinajstić information content (AvgIpc) is 2.23. The predicted octanol–water partition coefficient (Wildman–Crippen LogP) is 1.45. The molecule has 0 aromatic rings. The molecule has 2 aliphatic carbocycles. The summed E-state index contributed by atoms with van der Waals surface area (Å²) in [5.41, 5.74) is 0. The van der Waals surface area contributed by atoms with E-state index in [0.717, 1.165) is 38.5 Å². The van der Waals surface area contributed by atoms with E-state index in [2.05, 4.69) is 5.32 Å². The normalized spacial score (nSPS) is 32.1. The lowest BCUT2D eigenvalue weighted by atomic mass is 9.81. The van der Waals surface area contributed by atoms with Crippen LogP contribution in [0.4, 0.5) is 0 Å². The number of aliphatic hydroxyl groups is 1. The summed E-state index contributed by atoms with van der Waals surface area (Å²) in [6, 6.07) is 0.466. The molecule has 2 saturated carbocycles. The van der Waals surface area contributed by atoms with Crippen molar-refractivity contribution in [3.8, 4) is 0 Å². The third-order valence-electron chi connectivity index (χ3n) is 3.93. The highest BCUT2D eigenvalue weighted by Crippen LogP contribution is 2.29. The molecule has 2 rings (SSSR count). The second-order valence-corrected chi connectivity index (χ2v) is 5.04. The van der Waals surface area contributed by atoms with Gasteiger partial charge in [-0.05, 0) is 50.9 Å². The summed E-state index contributed by atoms with van der Waals surface area (Å²) >= 11 is 0. The molecule has 0 bridgehead atoms. The van der Waals surface area contributed by atoms with E-state index in [-0.39, 0.29) is 18.4 Å². The van der Waals surface area contributed by atoms with Crippen LogP contribution in [-0.2, 0) is 4.79 Å². The van der Waals surface area contributed by atoms with Gasteiger partial charge in [-0.2, -0.15) is 0 Å². The van der Waals surface area contributed by atoms with Gasteiger partial charge in [-0.3, -0.25) is 4.79 Å². The summed E-state index contributed by atoms with van der Waals surface area (Å²) in [6.45, 7) is 0.289. The molecule has 0 atom stereocenters. The highest BCUT2D eigenvalue weighted by molar-refractivity contribution is 5.79. The van der Waals surface area contributed by atoms with Crippen LogP contribution in [0.5, 0.6) is 0 Å². The van der Waals surface area contributed by atoms with E-state index in [1.807, 2.05) is 0 Å². The van der Waals surface area contributed by atoms with Crippen molar-refractivity contribution in [3.05, 3.63) is 0 Å². The Labute approximate surface area is 91.2 Å². The summed E-state index contributed by atoms with van der Waals surface area (Å²) in [7, 11) is 0. The van der Waals surface area contributed by atoms with Crippen molar-refractivity contribution < 1.29 is 9.90 Å². The number of hydrogen-bond acceptors (Lipinski definition) is 2. The van der Waals surface area contributed by atoms with Crippen molar-refractivity contribution in [2.45, 2.75) is 51.0 Å². The second-order valence-electron chi connectivity index (χ2n) is 5.04. The molecule has 2 N–H and O–H groups in total. The van der Waals surface area contributed by atoms with Gasteiger partial charge in [-0.15, -0.1) is 0 Å². The Kier molecular flexibility index (Phi) is 3.62. The van der Waals surface area contributed by atoms with Gasteiger partial charge in [0.15, 0.2) is 0 Å². The molecule has 0 aromatic heterocycles. The third kappa shape index (κ3) is 2.71. The minimum atomic E-state index is 0.216. The van der Waals surface area contributed by atoms with Gasteiger partial charge in [0.05, 0.1) is 0 Å². The number of carbonyl (C=O) groups excluding carboxylic acids is 1. The van der Waals surface area contributed by atoms with E-state index in [1.165, 1.54) is 6.42 Å². The van der Waals surface area contributed by atoms with Crippen molar-refractivity contribution in [1.82, 2.24) is 5.32 Å². The second kappa shape index (κ2) is 4.97. The van der Waals surface area contributed by atoms with Crippen molar-refractivity contribution in [3.63, 3.8) is 0 Å². The lowest BCUT2D eigenvalue weighted by Gasteiger charge is -2.31. The minimum absolute atomic E-state index is 0.216. The maximum atomic E-state index is 11.8. The van der Waals surface area contributed by atoms with Gasteiger partial charge in [0.25, 0.3) is 0 Å². The van der Waals surface area contributed by atoms with Crippen LogP contribution in [0.1, 0.15) is 44.9 Å². The van der Waals surface area contributed by atoms with E-state index >= 15 is 0 Å². The van der Waals surface area contributed by atoms with E-state index in [0.29, 0.717) is 12.0 Å². The van der Waals surface area contributed by atoms with Crippen molar-refractivity contribution in [1.29, 1.82) is 0 Å².